The second kappa shape index (κ2) is 9.87. The molecule has 2 aromatic heterocycles. The smallest absolute Gasteiger partial charge is 0.383 e. The average molecular weight is 510 g/mol. The van der Waals surface area contributed by atoms with Crippen molar-refractivity contribution in [1.29, 1.82) is 0 Å². The van der Waals surface area contributed by atoms with Gasteiger partial charge in [-0.25, -0.2) is 13.4 Å². The SMILES string of the molecule is COCCN(CCc1csc2nc(-c3ccccc3)cn12)S(=O)(=O)c1cccc(C(F)(F)F)c1. The highest BCUT2D eigenvalue weighted by Gasteiger charge is 2.33. The zero-order chi connectivity index (χ0) is 24.3. The van der Waals surface area contributed by atoms with Gasteiger partial charge in [0, 0.05) is 49.5 Å². The van der Waals surface area contributed by atoms with E-state index in [9.17, 15) is 21.6 Å². The molecule has 0 bridgehead atoms. The standard InChI is InChI=1S/C23H22F3N3O3S2/c1-32-13-12-28(34(30,31)20-9-5-8-18(14-20)23(24,25)26)11-10-19-16-33-22-27-21(15-29(19)22)17-6-3-2-4-7-17/h2-9,14-16H,10-13H2,1H3. The molecule has 34 heavy (non-hydrogen) atoms. The monoisotopic (exact) mass is 509 g/mol. The molecule has 0 aliphatic heterocycles. The number of alkyl halides is 3. The first-order chi connectivity index (χ1) is 16.2. The normalized spacial score (nSPS) is 12.6. The van der Waals surface area contributed by atoms with Crippen molar-refractivity contribution in [3.8, 4) is 11.3 Å². The highest BCUT2D eigenvalue weighted by molar-refractivity contribution is 7.89. The number of ether oxygens (including phenoxy) is 1. The summed E-state index contributed by atoms with van der Waals surface area (Å²) in [6.45, 7) is 0.203. The van der Waals surface area contributed by atoms with Gasteiger partial charge in [0.25, 0.3) is 0 Å². The summed E-state index contributed by atoms with van der Waals surface area (Å²) in [5, 5.41) is 1.91. The summed E-state index contributed by atoms with van der Waals surface area (Å²) in [5.74, 6) is 0. The van der Waals surface area contributed by atoms with E-state index in [2.05, 4.69) is 4.98 Å². The van der Waals surface area contributed by atoms with Gasteiger partial charge in [0.2, 0.25) is 10.0 Å². The van der Waals surface area contributed by atoms with Crippen LogP contribution in [0.4, 0.5) is 13.2 Å². The van der Waals surface area contributed by atoms with Crippen molar-refractivity contribution < 1.29 is 26.3 Å². The third-order valence-electron chi connectivity index (χ3n) is 5.31. The van der Waals surface area contributed by atoms with Crippen LogP contribution >= 0.6 is 11.3 Å². The summed E-state index contributed by atoms with van der Waals surface area (Å²) in [5.41, 5.74) is 1.63. The summed E-state index contributed by atoms with van der Waals surface area (Å²) in [4.78, 5) is 5.01. The molecule has 0 spiro atoms. The van der Waals surface area contributed by atoms with Gasteiger partial charge in [-0.3, -0.25) is 4.40 Å². The molecule has 0 saturated heterocycles. The fraction of sp³-hybridized carbons (Fsp3) is 0.261. The zero-order valence-corrected chi connectivity index (χ0v) is 19.8. The molecule has 0 N–H and O–H groups in total. The van der Waals surface area contributed by atoms with Crippen LogP contribution in [0, 0.1) is 0 Å². The lowest BCUT2D eigenvalue weighted by Gasteiger charge is -2.22. The van der Waals surface area contributed by atoms with Gasteiger partial charge in [0.1, 0.15) is 0 Å². The molecule has 0 fully saturated rings. The van der Waals surface area contributed by atoms with Gasteiger partial charge in [-0.1, -0.05) is 36.4 Å². The summed E-state index contributed by atoms with van der Waals surface area (Å²) < 4.78 is 73.9. The molecule has 0 radical (unpaired) electrons. The average Bonchev–Trinajstić information content (AvgIpc) is 3.40. The topological polar surface area (TPSA) is 63.9 Å². The molecule has 180 valence electrons. The van der Waals surface area contributed by atoms with Crippen LogP contribution in [0.2, 0.25) is 0 Å². The number of hydrogen-bond acceptors (Lipinski definition) is 5. The number of rotatable bonds is 9. The molecular weight excluding hydrogens is 487 g/mol. The van der Waals surface area contributed by atoms with E-state index < -0.39 is 26.7 Å². The number of aromatic nitrogens is 2. The van der Waals surface area contributed by atoms with E-state index in [-0.39, 0.29) is 19.7 Å². The fourth-order valence-electron chi connectivity index (χ4n) is 3.52. The molecule has 4 rings (SSSR count). The molecule has 11 heteroatoms. The Bertz CT molecular complexity index is 1370. The van der Waals surface area contributed by atoms with Crippen LogP contribution in [0.1, 0.15) is 11.3 Å². The minimum atomic E-state index is -4.64. The number of fused-ring (bicyclic) bond motifs is 1. The van der Waals surface area contributed by atoms with Gasteiger partial charge in [0.05, 0.1) is 22.8 Å². The fourth-order valence-corrected chi connectivity index (χ4v) is 5.90. The maximum atomic E-state index is 13.2. The summed E-state index contributed by atoms with van der Waals surface area (Å²) >= 11 is 1.44. The van der Waals surface area contributed by atoms with Crippen molar-refractivity contribution in [3.05, 3.63) is 77.4 Å². The lowest BCUT2D eigenvalue weighted by atomic mass is 10.2. The van der Waals surface area contributed by atoms with Gasteiger partial charge in [-0.2, -0.15) is 17.5 Å². The Kier molecular flexibility index (Phi) is 7.08. The van der Waals surface area contributed by atoms with Crippen LogP contribution in [-0.4, -0.2) is 48.9 Å². The van der Waals surface area contributed by atoms with Gasteiger partial charge in [-0.15, -0.1) is 11.3 Å². The first-order valence-corrected chi connectivity index (χ1v) is 12.7. The van der Waals surface area contributed by atoms with E-state index in [0.29, 0.717) is 12.5 Å². The maximum absolute atomic E-state index is 13.2. The van der Waals surface area contributed by atoms with Gasteiger partial charge in [0.15, 0.2) is 4.96 Å². The van der Waals surface area contributed by atoms with E-state index in [1.54, 1.807) is 0 Å². The number of halogens is 3. The van der Waals surface area contributed by atoms with Crippen molar-refractivity contribution in [2.45, 2.75) is 17.5 Å². The molecule has 0 amide bonds. The van der Waals surface area contributed by atoms with Gasteiger partial charge in [-0.05, 0) is 18.2 Å². The summed E-state index contributed by atoms with van der Waals surface area (Å²) in [6, 6.07) is 13.5. The first-order valence-electron chi connectivity index (χ1n) is 10.4. The summed E-state index contributed by atoms with van der Waals surface area (Å²) in [6.07, 6.45) is -2.38. The van der Waals surface area contributed by atoms with E-state index in [1.807, 2.05) is 46.3 Å². The van der Waals surface area contributed by atoms with E-state index >= 15 is 0 Å². The van der Waals surface area contributed by atoms with E-state index in [1.165, 1.54) is 24.5 Å². The quantitative estimate of drug-likeness (QED) is 0.320. The van der Waals surface area contributed by atoms with Crippen LogP contribution in [0.5, 0.6) is 0 Å². The second-order valence-electron chi connectivity index (χ2n) is 7.54. The van der Waals surface area contributed by atoms with Crippen LogP contribution in [0.3, 0.4) is 0 Å². The number of imidazole rings is 1. The number of benzene rings is 2. The predicted octanol–water partition coefficient (Wildman–Crippen LogP) is 4.96. The van der Waals surface area contributed by atoms with Crippen molar-refractivity contribution in [2.24, 2.45) is 0 Å². The number of methoxy groups -OCH3 is 1. The number of hydrogen-bond donors (Lipinski definition) is 0. The zero-order valence-electron chi connectivity index (χ0n) is 18.2. The highest BCUT2D eigenvalue weighted by atomic mass is 32.2. The highest BCUT2D eigenvalue weighted by Crippen LogP contribution is 2.31. The Balaban J connectivity index is 1.59. The van der Waals surface area contributed by atoms with Gasteiger partial charge >= 0.3 is 6.18 Å². The molecule has 0 aliphatic rings. The van der Waals surface area contributed by atoms with E-state index in [4.69, 9.17) is 4.74 Å². The lowest BCUT2D eigenvalue weighted by Crippen LogP contribution is -2.36. The third-order valence-corrected chi connectivity index (χ3v) is 8.10. The van der Waals surface area contributed by atoms with Gasteiger partial charge < -0.3 is 4.74 Å². The third kappa shape index (κ3) is 5.17. The molecule has 0 saturated carbocycles. The van der Waals surface area contributed by atoms with Crippen molar-refractivity contribution in [2.75, 3.05) is 26.8 Å². The molecule has 2 heterocycles. The predicted molar refractivity (Wildman–Crippen MR) is 124 cm³/mol. The Hall–Kier alpha value is -2.73. The Morgan fingerprint density at radius 3 is 2.56 bits per heavy atom. The maximum Gasteiger partial charge on any atom is 0.416 e. The van der Waals surface area contributed by atoms with Crippen LogP contribution < -0.4 is 0 Å². The molecule has 4 aromatic rings. The Morgan fingerprint density at radius 1 is 1.09 bits per heavy atom. The molecular formula is C23H22F3N3O3S2. The molecule has 6 nitrogen and oxygen atoms in total. The lowest BCUT2D eigenvalue weighted by molar-refractivity contribution is -0.137. The molecule has 2 aromatic carbocycles. The number of sulfonamides is 1. The van der Waals surface area contributed by atoms with Crippen molar-refractivity contribution in [1.82, 2.24) is 13.7 Å². The molecule has 0 atom stereocenters. The Morgan fingerprint density at radius 2 is 1.85 bits per heavy atom. The Labute approximate surface area is 199 Å². The molecule has 0 aliphatic carbocycles. The van der Waals surface area contributed by atoms with Crippen molar-refractivity contribution >= 4 is 26.3 Å². The minimum absolute atomic E-state index is 0.0154. The minimum Gasteiger partial charge on any atom is -0.383 e. The largest absolute Gasteiger partial charge is 0.416 e. The van der Waals surface area contributed by atoms with Crippen LogP contribution in [0.25, 0.3) is 16.2 Å². The number of thiazole rings is 1. The van der Waals surface area contributed by atoms with Crippen molar-refractivity contribution in [3.63, 3.8) is 0 Å². The first kappa shape index (κ1) is 24.4. The van der Waals surface area contributed by atoms with Crippen LogP contribution in [-0.2, 0) is 27.4 Å². The van der Waals surface area contributed by atoms with Crippen LogP contribution in [0.15, 0.2) is 71.1 Å². The second-order valence-corrected chi connectivity index (χ2v) is 10.3. The number of nitrogens with zero attached hydrogens (tertiary/aromatic N) is 3. The summed E-state index contributed by atoms with van der Waals surface area (Å²) in [7, 11) is -2.73. The molecule has 0 unspecified atom stereocenters. The van der Waals surface area contributed by atoms with E-state index in [0.717, 1.165) is 38.4 Å².